The molecular formula is C42H58N6O6. The number of nitrogens with zero attached hydrogens (tertiary/aromatic N) is 3. The van der Waals surface area contributed by atoms with Crippen LogP contribution in [0.2, 0.25) is 0 Å². The van der Waals surface area contributed by atoms with Crippen LogP contribution in [0.5, 0.6) is 0 Å². The lowest BCUT2D eigenvalue weighted by molar-refractivity contribution is -0.148. The highest BCUT2D eigenvalue weighted by atomic mass is 16.2. The van der Waals surface area contributed by atoms with Gasteiger partial charge in [0.25, 0.3) is 11.8 Å². The second kappa shape index (κ2) is 18.2. The molecule has 7 atom stereocenters. The Morgan fingerprint density at radius 1 is 0.889 bits per heavy atom. The molecule has 1 saturated heterocycles. The smallest absolute Gasteiger partial charge is 0.290 e. The second-order valence-corrected chi connectivity index (χ2v) is 16.6. The molecule has 3 N–H and O–H groups in total. The molecule has 12 nitrogen and oxygen atoms in total. The maximum Gasteiger partial charge on any atom is 0.290 e. The number of amides is 4. The van der Waals surface area contributed by atoms with Gasteiger partial charge >= 0.3 is 0 Å². The fourth-order valence-electron chi connectivity index (χ4n) is 8.79. The average Bonchev–Trinajstić information content (AvgIpc) is 3.77. The molecule has 1 aliphatic heterocycles. The molecular weight excluding hydrogens is 684 g/mol. The summed E-state index contributed by atoms with van der Waals surface area (Å²) in [5.74, 6) is -3.69. The monoisotopic (exact) mass is 742 g/mol. The van der Waals surface area contributed by atoms with E-state index < -0.39 is 59.0 Å². The van der Waals surface area contributed by atoms with E-state index in [2.05, 4.69) is 25.9 Å². The molecule has 0 radical (unpaired) electrons. The summed E-state index contributed by atoms with van der Waals surface area (Å²) >= 11 is 0. The van der Waals surface area contributed by atoms with Gasteiger partial charge in [0.2, 0.25) is 17.6 Å². The van der Waals surface area contributed by atoms with Gasteiger partial charge in [-0.25, -0.2) is 4.98 Å². The summed E-state index contributed by atoms with van der Waals surface area (Å²) in [7, 11) is 0. The highest BCUT2D eigenvalue weighted by Crippen LogP contribution is 2.44. The highest BCUT2D eigenvalue weighted by molar-refractivity contribution is 6.38. The van der Waals surface area contributed by atoms with Crippen LogP contribution >= 0.6 is 0 Å². The average molecular weight is 743 g/mol. The summed E-state index contributed by atoms with van der Waals surface area (Å²) in [6.45, 7) is 9.85. The Bertz CT molecular complexity index is 1640. The van der Waals surface area contributed by atoms with Gasteiger partial charge < -0.3 is 20.9 Å². The number of ketones is 2. The number of rotatable bonds is 15. The summed E-state index contributed by atoms with van der Waals surface area (Å²) in [6, 6.07) is 6.28. The van der Waals surface area contributed by atoms with Crippen LogP contribution in [-0.2, 0) is 24.0 Å². The molecule has 1 aromatic heterocycles. The minimum absolute atomic E-state index is 0.0619. The summed E-state index contributed by atoms with van der Waals surface area (Å²) in [6.07, 6.45) is 12.2. The SMILES string of the molecule is CCC[C@H](NC(=O)[C@@H]1[C@H]2CCC[C@H]2CN1C(=O)[C@@H](CC(=O)[C@@H](NC(=O)c1cnccn1)C1CCCCC1)C(C)(C)C)C(=O)C(=O)N[C@@H](C)c1ccccc1. The van der Waals surface area contributed by atoms with Gasteiger partial charge in [-0.3, -0.25) is 33.8 Å². The molecule has 0 unspecified atom stereocenters. The number of benzene rings is 1. The van der Waals surface area contributed by atoms with Crippen LogP contribution in [0, 0.1) is 29.1 Å². The maximum absolute atomic E-state index is 14.8. The van der Waals surface area contributed by atoms with E-state index in [1.165, 1.54) is 18.6 Å². The zero-order valence-corrected chi connectivity index (χ0v) is 32.5. The number of likely N-dealkylation sites (tertiary alicyclic amines) is 1. The number of carbonyl (C=O) groups is 6. The molecule has 2 saturated carbocycles. The Balaban J connectivity index is 1.34. The van der Waals surface area contributed by atoms with E-state index in [1.54, 1.807) is 11.8 Å². The minimum Gasteiger partial charge on any atom is -0.344 e. The van der Waals surface area contributed by atoms with Gasteiger partial charge in [0.1, 0.15) is 11.7 Å². The third-order valence-corrected chi connectivity index (χ3v) is 11.8. The van der Waals surface area contributed by atoms with Crippen molar-refractivity contribution in [3.63, 3.8) is 0 Å². The maximum atomic E-state index is 14.8. The van der Waals surface area contributed by atoms with Crippen LogP contribution in [0.3, 0.4) is 0 Å². The number of hydrogen-bond donors (Lipinski definition) is 3. The van der Waals surface area contributed by atoms with Crippen LogP contribution in [0.15, 0.2) is 48.9 Å². The van der Waals surface area contributed by atoms with Crippen LogP contribution in [0.1, 0.15) is 127 Å². The number of fused-ring (bicyclic) bond motifs is 1. The minimum atomic E-state index is -1.04. The molecule has 292 valence electrons. The van der Waals surface area contributed by atoms with E-state index in [0.29, 0.717) is 13.0 Å². The van der Waals surface area contributed by atoms with Crippen molar-refractivity contribution < 1.29 is 28.8 Å². The van der Waals surface area contributed by atoms with Crippen molar-refractivity contribution in [3.8, 4) is 0 Å². The quantitative estimate of drug-likeness (QED) is 0.211. The fourth-order valence-corrected chi connectivity index (χ4v) is 8.79. The Hall–Kier alpha value is -4.48. The van der Waals surface area contributed by atoms with Crippen molar-refractivity contribution in [1.82, 2.24) is 30.8 Å². The lowest BCUT2D eigenvalue weighted by Crippen LogP contribution is -2.56. The van der Waals surface area contributed by atoms with Crippen molar-refractivity contribution in [2.75, 3.05) is 6.54 Å². The Labute approximate surface area is 319 Å². The molecule has 2 aliphatic carbocycles. The topological polar surface area (TPSA) is 168 Å². The normalized spacial score (nSPS) is 22.3. The first-order chi connectivity index (χ1) is 25.8. The standard InChI is InChI=1S/C42H58N6O6/c1-6-14-32(37(50)40(53)45-26(2)27-15-9-7-10-16-27)46-39(52)36-30-20-13-19-29(30)25-48(36)41(54)31(42(3,4)5)23-34(49)35(28-17-11-8-12-18-28)47-38(51)33-24-43-21-22-44-33/h7,9-10,15-16,21-22,24,26,28-32,35-36H,6,8,11-14,17-20,23,25H2,1-5H3,(H,45,53)(H,46,52)(H,47,51)/t26-,29-,30-,31+,32-,35-,36-/m0/s1. The molecule has 3 aliphatic rings. The predicted octanol–water partition coefficient (Wildman–Crippen LogP) is 5.14. The highest BCUT2D eigenvalue weighted by Gasteiger charge is 2.52. The molecule has 54 heavy (non-hydrogen) atoms. The molecule has 5 rings (SSSR count). The zero-order chi connectivity index (χ0) is 39.0. The van der Waals surface area contributed by atoms with Crippen molar-refractivity contribution >= 4 is 35.2 Å². The largest absolute Gasteiger partial charge is 0.344 e. The Kier molecular flexibility index (Phi) is 13.7. The molecule has 2 heterocycles. The summed E-state index contributed by atoms with van der Waals surface area (Å²) in [4.78, 5) is 93.2. The molecule has 2 aromatic rings. The van der Waals surface area contributed by atoms with E-state index in [1.807, 2.05) is 58.0 Å². The molecule has 0 bridgehead atoms. The van der Waals surface area contributed by atoms with E-state index in [0.717, 1.165) is 56.9 Å². The lowest BCUT2D eigenvalue weighted by atomic mass is 9.74. The summed E-state index contributed by atoms with van der Waals surface area (Å²) in [5, 5.41) is 8.63. The van der Waals surface area contributed by atoms with Crippen LogP contribution in [-0.4, -0.2) is 74.7 Å². The van der Waals surface area contributed by atoms with Gasteiger partial charge in [-0.05, 0) is 67.8 Å². The molecule has 12 heteroatoms. The summed E-state index contributed by atoms with van der Waals surface area (Å²) < 4.78 is 0. The van der Waals surface area contributed by atoms with Gasteiger partial charge in [0.15, 0.2) is 5.78 Å². The molecule has 3 fully saturated rings. The predicted molar refractivity (Wildman–Crippen MR) is 204 cm³/mol. The van der Waals surface area contributed by atoms with E-state index in [4.69, 9.17) is 0 Å². The molecule has 4 amide bonds. The van der Waals surface area contributed by atoms with Crippen molar-refractivity contribution in [2.45, 2.75) is 129 Å². The fraction of sp³-hybridized carbons (Fsp3) is 0.619. The van der Waals surface area contributed by atoms with Crippen molar-refractivity contribution in [1.29, 1.82) is 0 Å². The van der Waals surface area contributed by atoms with Crippen molar-refractivity contribution in [3.05, 3.63) is 60.2 Å². The number of Topliss-reactive ketones (excluding diaryl/α,β-unsaturated/α-hetero) is 2. The summed E-state index contributed by atoms with van der Waals surface area (Å²) in [5.41, 5.74) is 0.327. The van der Waals surface area contributed by atoms with Crippen LogP contribution in [0.4, 0.5) is 0 Å². The first kappa shape index (κ1) is 40.7. The van der Waals surface area contributed by atoms with Gasteiger partial charge in [0, 0.05) is 31.3 Å². The number of hydrogen-bond acceptors (Lipinski definition) is 8. The number of nitrogens with one attached hydrogen (secondary N) is 3. The molecule has 0 spiro atoms. The Morgan fingerprint density at radius 3 is 2.26 bits per heavy atom. The van der Waals surface area contributed by atoms with Gasteiger partial charge in [0.05, 0.1) is 24.3 Å². The zero-order valence-electron chi connectivity index (χ0n) is 32.5. The van der Waals surface area contributed by atoms with Crippen LogP contribution < -0.4 is 16.0 Å². The molecule has 1 aromatic carbocycles. The van der Waals surface area contributed by atoms with Crippen molar-refractivity contribution in [2.24, 2.45) is 29.1 Å². The lowest BCUT2D eigenvalue weighted by Gasteiger charge is -2.37. The van der Waals surface area contributed by atoms with Gasteiger partial charge in [-0.1, -0.05) is 90.1 Å². The van der Waals surface area contributed by atoms with E-state index in [9.17, 15) is 28.8 Å². The number of aromatic nitrogens is 2. The number of carbonyl (C=O) groups excluding carboxylic acids is 6. The van der Waals surface area contributed by atoms with E-state index in [-0.39, 0.29) is 48.0 Å². The van der Waals surface area contributed by atoms with Gasteiger partial charge in [-0.2, -0.15) is 0 Å². The van der Waals surface area contributed by atoms with E-state index >= 15 is 0 Å². The second-order valence-electron chi connectivity index (χ2n) is 16.6. The van der Waals surface area contributed by atoms with Crippen LogP contribution in [0.25, 0.3) is 0 Å². The van der Waals surface area contributed by atoms with Gasteiger partial charge in [-0.15, -0.1) is 0 Å². The Morgan fingerprint density at radius 2 is 1.61 bits per heavy atom. The first-order valence-electron chi connectivity index (χ1n) is 19.9. The third-order valence-electron chi connectivity index (χ3n) is 11.8. The first-order valence-corrected chi connectivity index (χ1v) is 19.9. The third kappa shape index (κ3) is 9.78.